The van der Waals surface area contributed by atoms with Crippen LogP contribution in [0.2, 0.25) is 0 Å². The molecule has 0 spiro atoms. The van der Waals surface area contributed by atoms with Crippen molar-refractivity contribution >= 4 is 23.3 Å². The van der Waals surface area contributed by atoms with Crippen LogP contribution in [0.5, 0.6) is 0 Å². The molecule has 0 radical (unpaired) electrons. The average molecular weight is 938 g/mol. The maximum absolute atomic E-state index is 14.4. The molecule has 5 rings (SSSR count). The minimum atomic E-state index is -2.35. The molecular formula is C51H79N5O11. The third kappa shape index (κ3) is 13.9. The number of aliphatic hydroxyl groups is 2. The first-order chi connectivity index (χ1) is 31.9. The van der Waals surface area contributed by atoms with E-state index in [2.05, 4.69) is 22.3 Å². The van der Waals surface area contributed by atoms with Crippen LogP contribution in [0.1, 0.15) is 132 Å². The number of piperidine rings is 1. The van der Waals surface area contributed by atoms with E-state index in [0.717, 1.165) is 31.3 Å². The van der Waals surface area contributed by atoms with Gasteiger partial charge >= 0.3 is 0 Å². The van der Waals surface area contributed by atoms with Crippen molar-refractivity contribution in [2.24, 2.45) is 35.5 Å². The molecule has 1 aromatic heterocycles. The van der Waals surface area contributed by atoms with Gasteiger partial charge in [-0.2, -0.15) is 4.80 Å². The molecule has 16 heteroatoms. The molecule has 1 aliphatic carbocycles. The summed E-state index contributed by atoms with van der Waals surface area (Å²) in [5.41, 5.74) is 1.35. The number of hydrogen-bond acceptors (Lipinski definition) is 14. The van der Waals surface area contributed by atoms with E-state index in [9.17, 15) is 29.4 Å². The van der Waals surface area contributed by atoms with Gasteiger partial charge in [0.25, 0.3) is 11.7 Å². The molecule has 1 unspecified atom stereocenters. The van der Waals surface area contributed by atoms with Crippen molar-refractivity contribution in [3.63, 3.8) is 0 Å². The monoisotopic (exact) mass is 938 g/mol. The SMILES string of the molecule is CO[C@H]1C[C@@H]2CC[C@@H](C)[C@@](O)(O2)C(=O)C(=O)N2CCCCC2O[C@H]([C@H](C)C[C@@H]2CC[C@H](n3ncnn3)[C@H](OC)C2)CC(=O)[C@H](C)/C=C(\C)[C@@H](O)[C@@H](OC)C(=O)[C@H](C)C[C@H](C)/C=C/C=C/C=C/1C. The highest BCUT2D eigenvalue weighted by Crippen LogP contribution is 2.40. The second kappa shape index (κ2) is 25.2. The predicted molar refractivity (Wildman–Crippen MR) is 251 cm³/mol. The Morgan fingerprint density at radius 1 is 0.896 bits per heavy atom. The summed E-state index contributed by atoms with van der Waals surface area (Å²) >= 11 is 0. The van der Waals surface area contributed by atoms with Crippen LogP contribution in [0, 0.1) is 35.5 Å². The Morgan fingerprint density at radius 3 is 2.34 bits per heavy atom. The van der Waals surface area contributed by atoms with Gasteiger partial charge in [-0.3, -0.25) is 19.2 Å². The van der Waals surface area contributed by atoms with Crippen LogP contribution in [0.15, 0.2) is 53.9 Å². The van der Waals surface area contributed by atoms with Crippen molar-refractivity contribution in [1.82, 2.24) is 25.1 Å². The number of allylic oxidation sites excluding steroid dienone is 6. The van der Waals surface area contributed by atoms with Crippen molar-refractivity contribution in [3.8, 4) is 0 Å². The summed E-state index contributed by atoms with van der Waals surface area (Å²) in [7, 11) is 4.70. The number of ketones is 3. The number of hydrogen-bond donors (Lipinski definition) is 2. The first-order valence-electron chi connectivity index (χ1n) is 24.6. The maximum Gasteiger partial charge on any atom is 0.297 e. The van der Waals surface area contributed by atoms with E-state index in [0.29, 0.717) is 50.5 Å². The number of ether oxygens (including phenoxy) is 5. The second-order valence-electron chi connectivity index (χ2n) is 20.0. The number of tetrazole rings is 1. The summed E-state index contributed by atoms with van der Waals surface area (Å²) in [5.74, 6) is -6.26. The summed E-state index contributed by atoms with van der Waals surface area (Å²) in [6.07, 6.45) is 14.6. The van der Waals surface area contributed by atoms with Crippen LogP contribution in [0.3, 0.4) is 0 Å². The zero-order valence-electron chi connectivity index (χ0n) is 41.6. The first-order valence-corrected chi connectivity index (χ1v) is 24.6. The number of fused-ring (bicyclic) bond motifs is 3. The van der Waals surface area contributed by atoms with E-state index in [4.69, 9.17) is 23.7 Å². The molecule has 2 bridgehead atoms. The van der Waals surface area contributed by atoms with Gasteiger partial charge in [0, 0.05) is 58.5 Å². The van der Waals surface area contributed by atoms with Gasteiger partial charge in [0.2, 0.25) is 5.79 Å². The zero-order valence-corrected chi connectivity index (χ0v) is 41.6. The molecule has 16 nitrogen and oxygen atoms in total. The Labute approximate surface area is 397 Å². The third-order valence-electron chi connectivity index (χ3n) is 14.9. The smallest absolute Gasteiger partial charge is 0.297 e. The highest BCUT2D eigenvalue weighted by atomic mass is 16.6. The molecule has 1 amide bonds. The topological polar surface area (TPSA) is 202 Å². The number of carbonyl (C=O) groups excluding carboxylic acids is 4. The molecule has 374 valence electrons. The molecule has 4 heterocycles. The van der Waals surface area contributed by atoms with E-state index in [1.54, 1.807) is 45.9 Å². The molecule has 1 aromatic rings. The fraction of sp³-hybridized carbons (Fsp3) is 0.745. The zero-order chi connectivity index (χ0) is 49.0. The highest BCUT2D eigenvalue weighted by molar-refractivity contribution is 6.38. The number of amides is 1. The van der Waals surface area contributed by atoms with Gasteiger partial charge in [0.1, 0.15) is 24.2 Å². The normalized spacial score (nSPS) is 39.5. The van der Waals surface area contributed by atoms with Crippen LogP contribution in [0.25, 0.3) is 0 Å². The molecule has 1 saturated carbocycles. The number of aliphatic hydroxyl groups excluding tert-OH is 1. The predicted octanol–water partition coefficient (Wildman–Crippen LogP) is 6.48. The Kier molecular flexibility index (Phi) is 20.4. The summed E-state index contributed by atoms with van der Waals surface area (Å²) in [4.78, 5) is 59.9. The number of methoxy groups -OCH3 is 3. The van der Waals surface area contributed by atoms with Crippen LogP contribution >= 0.6 is 0 Å². The summed E-state index contributed by atoms with van der Waals surface area (Å²) in [6.45, 7) is 13.3. The van der Waals surface area contributed by atoms with Crippen LogP contribution in [-0.4, -0.2) is 135 Å². The van der Waals surface area contributed by atoms with E-state index in [1.165, 1.54) is 18.3 Å². The van der Waals surface area contributed by atoms with Gasteiger partial charge in [-0.15, -0.1) is 10.2 Å². The number of Topliss-reactive ketones (excluding diaryl/α,β-unsaturated/α-hetero) is 3. The van der Waals surface area contributed by atoms with Crippen LogP contribution in [0.4, 0.5) is 0 Å². The number of nitrogens with zero attached hydrogens (tertiary/aromatic N) is 5. The van der Waals surface area contributed by atoms with E-state index in [1.807, 2.05) is 51.2 Å². The lowest BCUT2D eigenvalue weighted by molar-refractivity contribution is -0.266. The van der Waals surface area contributed by atoms with Crippen molar-refractivity contribution in [2.75, 3.05) is 27.9 Å². The van der Waals surface area contributed by atoms with Gasteiger partial charge < -0.3 is 38.8 Å². The fourth-order valence-electron chi connectivity index (χ4n) is 10.6. The van der Waals surface area contributed by atoms with E-state index in [-0.39, 0.29) is 60.5 Å². The summed E-state index contributed by atoms with van der Waals surface area (Å²) in [6, 6.07) is -0.0594. The van der Waals surface area contributed by atoms with Crippen LogP contribution < -0.4 is 0 Å². The fourth-order valence-corrected chi connectivity index (χ4v) is 10.6. The van der Waals surface area contributed by atoms with Gasteiger partial charge in [0.05, 0.1) is 30.5 Å². The summed E-state index contributed by atoms with van der Waals surface area (Å²) in [5, 5.41) is 35.9. The van der Waals surface area contributed by atoms with Crippen molar-refractivity contribution < 1.29 is 53.1 Å². The quantitative estimate of drug-likeness (QED) is 0.222. The van der Waals surface area contributed by atoms with E-state index < -0.39 is 65.9 Å². The largest absolute Gasteiger partial charge is 0.386 e. The lowest BCUT2D eigenvalue weighted by Crippen LogP contribution is -2.60. The van der Waals surface area contributed by atoms with Crippen molar-refractivity contribution in [2.45, 2.75) is 180 Å². The van der Waals surface area contributed by atoms with Gasteiger partial charge in [-0.05, 0) is 112 Å². The molecule has 2 saturated heterocycles. The Morgan fingerprint density at radius 2 is 1.66 bits per heavy atom. The first kappa shape index (κ1) is 54.2. The van der Waals surface area contributed by atoms with Gasteiger partial charge in [0.15, 0.2) is 12.1 Å². The van der Waals surface area contributed by atoms with Crippen molar-refractivity contribution in [1.29, 1.82) is 0 Å². The minimum absolute atomic E-state index is 0.00876. The highest BCUT2D eigenvalue weighted by Gasteiger charge is 2.53. The van der Waals surface area contributed by atoms with E-state index >= 15 is 0 Å². The second-order valence-corrected chi connectivity index (χ2v) is 20.0. The Bertz CT molecular complexity index is 1920. The number of carbonyl (C=O) groups is 4. The molecule has 15 atom stereocenters. The number of aromatic nitrogens is 4. The summed E-state index contributed by atoms with van der Waals surface area (Å²) < 4.78 is 30.6. The molecule has 3 fully saturated rings. The molecule has 0 aromatic carbocycles. The molecule has 3 aliphatic heterocycles. The average Bonchev–Trinajstić information content (AvgIpc) is 3.86. The standard InChI is InChI=1S/C51H79N5O11/c1-31-16-12-11-13-17-32(2)42(63-8)28-39-21-19-37(7)51(62,67-39)49(60)50(61)55-23-15-14-18-45(55)66-43(34(4)26-38-20-22-40(44(27-38)64-9)56-53-30-52-54-56)29-41(57)33(3)25-36(6)47(59)48(65-10)46(58)35(5)24-31/h11-13,16-17,25,30-31,33-35,37-40,42-45,47-48,59,62H,14-15,18-24,26-29H2,1-10H3/b13-11+,16-12+,32-17+,36-25+/t31-,33-,34-,35-,37-,38+,39+,40+,42+,43+,44-,45?,47-,48+,51-/m1/s1. The number of rotatable bonds is 7. The minimum Gasteiger partial charge on any atom is -0.386 e. The van der Waals surface area contributed by atoms with Crippen LogP contribution in [-0.2, 0) is 42.9 Å². The lowest BCUT2D eigenvalue weighted by Gasteiger charge is -2.43. The maximum atomic E-state index is 14.4. The molecule has 67 heavy (non-hydrogen) atoms. The van der Waals surface area contributed by atoms with Gasteiger partial charge in [-0.25, -0.2) is 0 Å². The lowest BCUT2D eigenvalue weighted by atomic mass is 9.77. The molecule has 2 N–H and O–H groups in total. The van der Waals surface area contributed by atoms with Gasteiger partial charge in [-0.1, -0.05) is 71.1 Å². The molecule has 4 aliphatic rings. The molecular weight excluding hydrogens is 859 g/mol. The van der Waals surface area contributed by atoms with Crippen molar-refractivity contribution in [3.05, 3.63) is 53.9 Å². The Hall–Kier alpha value is -3.77. The third-order valence-corrected chi connectivity index (χ3v) is 14.9. The Balaban J connectivity index is 1.46.